The Labute approximate surface area is 160 Å². The first kappa shape index (κ1) is 18.4. The molecule has 27 heavy (non-hydrogen) atoms. The molecule has 0 radical (unpaired) electrons. The monoisotopic (exact) mass is 369 g/mol. The van der Waals surface area contributed by atoms with E-state index in [1.165, 1.54) is 30.5 Å². The van der Waals surface area contributed by atoms with Crippen LogP contribution in [0.5, 0.6) is 0 Å². The second kappa shape index (κ2) is 7.95. The normalized spacial score (nSPS) is 24.0. The van der Waals surface area contributed by atoms with Gasteiger partial charge >= 0.3 is 0 Å². The zero-order valence-electron chi connectivity index (χ0n) is 16.2. The zero-order chi connectivity index (χ0) is 18.8. The first-order valence-electron chi connectivity index (χ1n) is 9.89. The van der Waals surface area contributed by atoms with Crippen molar-refractivity contribution in [1.82, 2.24) is 15.0 Å². The van der Waals surface area contributed by atoms with Crippen molar-refractivity contribution in [2.24, 2.45) is 5.92 Å². The zero-order valence-corrected chi connectivity index (χ0v) is 16.2. The number of hydrogen-bond acceptors (Lipinski definition) is 4. The molecule has 4 nitrogen and oxygen atoms in total. The van der Waals surface area contributed by atoms with Gasteiger partial charge in [-0.05, 0) is 50.3 Å². The molecule has 2 aromatic rings. The van der Waals surface area contributed by atoms with Crippen LogP contribution in [0.1, 0.15) is 35.4 Å². The van der Waals surface area contributed by atoms with E-state index in [1.807, 2.05) is 26.0 Å². The van der Waals surface area contributed by atoms with Crippen molar-refractivity contribution in [1.29, 1.82) is 0 Å². The predicted octanol–water partition coefficient (Wildman–Crippen LogP) is 4.04. The Morgan fingerprint density at radius 2 is 1.96 bits per heavy atom. The van der Waals surface area contributed by atoms with Crippen molar-refractivity contribution in [3.63, 3.8) is 0 Å². The molecule has 3 saturated heterocycles. The van der Waals surface area contributed by atoms with Crippen LogP contribution in [-0.2, 0) is 6.54 Å². The third-order valence-corrected chi connectivity index (χ3v) is 5.99. The smallest absolute Gasteiger partial charge is 0.138 e. The molecular formula is C22H28FN3O. The van der Waals surface area contributed by atoms with E-state index in [9.17, 15) is 4.39 Å². The van der Waals surface area contributed by atoms with Gasteiger partial charge in [0.2, 0.25) is 0 Å². The highest BCUT2D eigenvalue weighted by Gasteiger charge is 2.34. The Bertz CT molecular complexity index is 779. The molecule has 2 bridgehead atoms. The first-order valence-corrected chi connectivity index (χ1v) is 9.89. The third kappa shape index (κ3) is 4.30. The number of benzene rings is 1. The van der Waals surface area contributed by atoms with Gasteiger partial charge in [0.1, 0.15) is 11.6 Å². The summed E-state index contributed by atoms with van der Waals surface area (Å²) in [7, 11) is 0. The molecule has 4 heterocycles. The van der Waals surface area contributed by atoms with Crippen LogP contribution in [0.15, 0.2) is 34.9 Å². The van der Waals surface area contributed by atoms with Crippen LogP contribution < -0.4 is 0 Å². The molecule has 144 valence electrons. The second-order valence-electron chi connectivity index (χ2n) is 8.00. The van der Waals surface area contributed by atoms with Crippen LogP contribution in [0.4, 0.5) is 4.39 Å². The molecule has 3 fully saturated rings. The molecule has 0 aliphatic carbocycles. The minimum atomic E-state index is -0.185. The summed E-state index contributed by atoms with van der Waals surface area (Å²) in [5.74, 6) is 1.49. The average Bonchev–Trinajstić information content (AvgIpc) is 2.83. The number of hydrogen-bond donors (Lipinski definition) is 0. The van der Waals surface area contributed by atoms with Crippen LogP contribution in [-0.4, -0.2) is 47.2 Å². The lowest BCUT2D eigenvalue weighted by atomic mass is 9.95. The molecule has 3 aliphatic rings. The molecule has 0 amide bonds. The minimum absolute atomic E-state index is 0.185. The van der Waals surface area contributed by atoms with E-state index >= 15 is 0 Å². The van der Waals surface area contributed by atoms with Gasteiger partial charge < -0.3 is 4.52 Å². The van der Waals surface area contributed by atoms with Gasteiger partial charge in [0, 0.05) is 44.3 Å². The average molecular weight is 369 g/mol. The number of nitrogens with zero attached hydrogens (tertiary/aromatic N) is 3. The first-order chi connectivity index (χ1) is 13.1. The van der Waals surface area contributed by atoms with Crippen molar-refractivity contribution in [2.45, 2.75) is 39.3 Å². The topological polar surface area (TPSA) is 32.5 Å². The SMILES string of the molecule is Cc1noc(C)c1CN1C[C@@H]2CC[C@H](C1)N(C/C=C/c1ccc(F)cc1)C2. The Balaban J connectivity index is 1.38. The molecule has 0 unspecified atom stereocenters. The summed E-state index contributed by atoms with van der Waals surface area (Å²) in [4.78, 5) is 5.19. The molecule has 3 aliphatic heterocycles. The van der Waals surface area contributed by atoms with Gasteiger partial charge in [-0.15, -0.1) is 0 Å². The Morgan fingerprint density at radius 1 is 1.15 bits per heavy atom. The number of aromatic nitrogens is 1. The van der Waals surface area contributed by atoms with Crippen LogP contribution >= 0.6 is 0 Å². The lowest BCUT2D eigenvalue weighted by molar-refractivity contribution is 0.146. The van der Waals surface area contributed by atoms with Crippen LogP contribution in [0.25, 0.3) is 6.08 Å². The fourth-order valence-corrected chi connectivity index (χ4v) is 4.48. The highest BCUT2D eigenvalue weighted by atomic mass is 19.1. The highest BCUT2D eigenvalue weighted by molar-refractivity contribution is 5.49. The van der Waals surface area contributed by atoms with Gasteiger partial charge in [0.15, 0.2) is 0 Å². The van der Waals surface area contributed by atoms with E-state index in [-0.39, 0.29) is 5.82 Å². The fraction of sp³-hybridized carbons (Fsp3) is 0.500. The van der Waals surface area contributed by atoms with Gasteiger partial charge in [-0.25, -0.2) is 4.39 Å². The summed E-state index contributed by atoms with van der Waals surface area (Å²) in [6, 6.07) is 7.28. The van der Waals surface area contributed by atoms with E-state index < -0.39 is 0 Å². The molecule has 0 spiro atoms. The van der Waals surface area contributed by atoms with E-state index in [1.54, 1.807) is 0 Å². The van der Waals surface area contributed by atoms with Crippen molar-refractivity contribution in [2.75, 3.05) is 26.2 Å². The van der Waals surface area contributed by atoms with Crippen molar-refractivity contribution in [3.05, 3.63) is 58.7 Å². The lowest BCUT2D eigenvalue weighted by Gasteiger charge is -2.35. The largest absolute Gasteiger partial charge is 0.361 e. The van der Waals surface area contributed by atoms with E-state index in [4.69, 9.17) is 4.52 Å². The van der Waals surface area contributed by atoms with Crippen molar-refractivity contribution >= 4 is 6.08 Å². The molecule has 0 N–H and O–H groups in total. The molecule has 5 rings (SSSR count). The molecule has 1 aromatic heterocycles. The number of rotatable bonds is 5. The number of piperidine rings is 1. The van der Waals surface area contributed by atoms with Gasteiger partial charge in [-0.2, -0.15) is 0 Å². The summed E-state index contributed by atoms with van der Waals surface area (Å²) in [5.41, 5.74) is 3.32. The van der Waals surface area contributed by atoms with Crippen LogP contribution in [0, 0.1) is 25.6 Å². The lowest BCUT2D eigenvalue weighted by Crippen LogP contribution is -2.43. The maximum atomic E-state index is 13.0. The summed E-state index contributed by atoms with van der Waals surface area (Å²) in [6.45, 7) is 9.35. The van der Waals surface area contributed by atoms with Crippen molar-refractivity contribution < 1.29 is 8.91 Å². The van der Waals surface area contributed by atoms with Gasteiger partial charge in [0.25, 0.3) is 0 Å². The standard InChI is InChI=1S/C22H28FN3O/c1-16-22(17(2)27-24-16)15-25-12-19-7-10-21(14-25)26(13-19)11-3-4-18-5-8-20(23)9-6-18/h3-6,8-9,19,21H,7,10-15H2,1-2H3/b4-3+/t19-,21+/m0/s1. The molecule has 1 aromatic carbocycles. The number of aryl methyl sites for hydroxylation is 2. The van der Waals surface area contributed by atoms with Gasteiger partial charge in [-0.1, -0.05) is 29.4 Å². The maximum Gasteiger partial charge on any atom is 0.138 e. The summed E-state index contributed by atoms with van der Waals surface area (Å²) in [5, 5.41) is 4.10. The Morgan fingerprint density at radius 3 is 2.70 bits per heavy atom. The maximum absolute atomic E-state index is 13.0. The fourth-order valence-electron chi connectivity index (χ4n) is 4.48. The van der Waals surface area contributed by atoms with Gasteiger partial charge in [-0.3, -0.25) is 9.80 Å². The number of fused-ring (bicyclic) bond motifs is 4. The molecule has 2 atom stereocenters. The second-order valence-corrected chi connectivity index (χ2v) is 8.00. The summed E-state index contributed by atoms with van der Waals surface area (Å²) in [6.07, 6.45) is 6.90. The van der Waals surface area contributed by atoms with Crippen LogP contribution in [0.3, 0.4) is 0 Å². The molecule has 0 saturated carbocycles. The van der Waals surface area contributed by atoms with E-state index in [0.29, 0.717) is 6.04 Å². The van der Waals surface area contributed by atoms with Crippen molar-refractivity contribution in [3.8, 4) is 0 Å². The number of halogens is 1. The molecule has 5 heteroatoms. The van der Waals surface area contributed by atoms with Gasteiger partial charge in [0.05, 0.1) is 5.69 Å². The minimum Gasteiger partial charge on any atom is -0.361 e. The third-order valence-electron chi connectivity index (χ3n) is 5.99. The van der Waals surface area contributed by atoms with E-state index in [0.717, 1.165) is 55.7 Å². The Kier molecular flexibility index (Phi) is 5.41. The quantitative estimate of drug-likeness (QED) is 0.796. The highest BCUT2D eigenvalue weighted by Crippen LogP contribution is 2.29. The van der Waals surface area contributed by atoms with Crippen LogP contribution in [0.2, 0.25) is 0 Å². The van der Waals surface area contributed by atoms with E-state index in [2.05, 4.69) is 27.1 Å². The molecular weight excluding hydrogens is 341 g/mol. The Hall–Kier alpha value is -1.98. The summed E-state index contributed by atoms with van der Waals surface area (Å²) >= 11 is 0. The summed E-state index contributed by atoms with van der Waals surface area (Å²) < 4.78 is 18.4. The predicted molar refractivity (Wildman–Crippen MR) is 105 cm³/mol.